The minimum Gasteiger partial charge on any atom is -0.504 e. The molecule has 36 heavy (non-hydrogen) atoms. The van der Waals surface area contributed by atoms with E-state index in [1.807, 2.05) is 30.3 Å². The van der Waals surface area contributed by atoms with Crippen LogP contribution in [0.1, 0.15) is 21.5 Å². The van der Waals surface area contributed by atoms with Gasteiger partial charge in [0.1, 0.15) is 6.61 Å². The second kappa shape index (κ2) is 10.7. The number of para-hydroxylation sites is 2. The van der Waals surface area contributed by atoms with Gasteiger partial charge in [0.2, 0.25) is 5.90 Å². The molecule has 186 valence electrons. The van der Waals surface area contributed by atoms with Crippen LogP contribution in [0.3, 0.4) is 0 Å². The quantitative estimate of drug-likeness (QED) is 0.303. The van der Waals surface area contributed by atoms with Gasteiger partial charge in [-0.1, -0.05) is 42.5 Å². The van der Waals surface area contributed by atoms with Crippen molar-refractivity contribution in [2.75, 3.05) is 19.7 Å². The van der Waals surface area contributed by atoms with Gasteiger partial charge in [0.05, 0.1) is 11.1 Å². The molecule has 0 bridgehead atoms. The molecule has 3 aromatic carbocycles. The van der Waals surface area contributed by atoms with Crippen molar-refractivity contribution in [2.45, 2.75) is 12.6 Å². The fourth-order valence-corrected chi connectivity index (χ4v) is 3.75. The van der Waals surface area contributed by atoms with Crippen LogP contribution in [-0.4, -0.2) is 68.8 Å². The lowest BCUT2D eigenvalue weighted by atomic mass is 10.1. The number of hydrogen-bond donors (Lipinski definition) is 5. The first-order valence-corrected chi connectivity index (χ1v) is 11.2. The van der Waals surface area contributed by atoms with Crippen molar-refractivity contribution in [1.82, 2.24) is 10.2 Å². The van der Waals surface area contributed by atoms with E-state index in [4.69, 9.17) is 4.74 Å². The molecule has 1 atom stereocenters. The second-order valence-electron chi connectivity index (χ2n) is 8.11. The van der Waals surface area contributed by atoms with E-state index in [-0.39, 0.29) is 60.7 Å². The molecule has 0 saturated heterocycles. The summed E-state index contributed by atoms with van der Waals surface area (Å²) in [6, 6.07) is 16.9. The molecule has 0 radical (unpaired) electrons. The smallest absolute Gasteiger partial charge is 0.255 e. The number of carbonyl (C=O) groups excluding carboxylic acids is 2. The maximum absolute atomic E-state index is 13.4. The summed E-state index contributed by atoms with van der Waals surface area (Å²) in [5.41, 5.74) is 0.968. The fourth-order valence-electron chi connectivity index (χ4n) is 3.75. The zero-order chi connectivity index (χ0) is 25.7. The summed E-state index contributed by atoms with van der Waals surface area (Å²) < 4.78 is 5.54. The highest BCUT2D eigenvalue weighted by molar-refractivity contribution is 6.01. The predicted octanol–water partition coefficient (Wildman–Crippen LogP) is 2.11. The van der Waals surface area contributed by atoms with E-state index in [2.05, 4.69) is 10.3 Å². The van der Waals surface area contributed by atoms with Crippen LogP contribution in [0.2, 0.25) is 0 Å². The van der Waals surface area contributed by atoms with Gasteiger partial charge in [-0.25, -0.2) is 4.99 Å². The van der Waals surface area contributed by atoms with Crippen molar-refractivity contribution in [1.29, 1.82) is 0 Å². The third-order valence-electron chi connectivity index (χ3n) is 5.64. The van der Waals surface area contributed by atoms with Crippen LogP contribution in [0.5, 0.6) is 23.0 Å². The Morgan fingerprint density at radius 3 is 2.36 bits per heavy atom. The number of hydrogen-bond acceptors (Lipinski definition) is 8. The Morgan fingerprint density at radius 1 is 0.917 bits per heavy atom. The van der Waals surface area contributed by atoms with Crippen LogP contribution >= 0.6 is 0 Å². The molecule has 0 aliphatic carbocycles. The van der Waals surface area contributed by atoms with Gasteiger partial charge in [-0.2, -0.15) is 0 Å². The number of phenolic OH excluding ortho intramolecular Hbond substituents is 4. The molecule has 5 N–H and O–H groups in total. The molecule has 1 aliphatic heterocycles. The van der Waals surface area contributed by atoms with Crippen LogP contribution in [0, 0.1) is 0 Å². The molecule has 2 amide bonds. The van der Waals surface area contributed by atoms with Gasteiger partial charge in [-0.3, -0.25) is 9.59 Å². The number of benzene rings is 3. The number of nitrogens with zero attached hydrogens (tertiary/aromatic N) is 2. The largest absolute Gasteiger partial charge is 0.504 e. The number of amides is 2. The van der Waals surface area contributed by atoms with E-state index in [1.165, 1.54) is 41.3 Å². The Morgan fingerprint density at radius 2 is 1.61 bits per heavy atom. The van der Waals surface area contributed by atoms with Gasteiger partial charge >= 0.3 is 0 Å². The van der Waals surface area contributed by atoms with Gasteiger partial charge in [-0.05, 0) is 29.8 Å². The topological polar surface area (TPSA) is 152 Å². The SMILES string of the molecule is O=C(NCCN(Cc1ccccc1)C(=O)C1COC(c2cccc(O)c2O)=N1)c1cccc(O)c1O. The Hall–Kier alpha value is -4.73. The number of nitrogens with one attached hydrogen (secondary N) is 1. The van der Waals surface area contributed by atoms with E-state index in [1.54, 1.807) is 0 Å². The Balaban J connectivity index is 1.48. The lowest BCUT2D eigenvalue weighted by Crippen LogP contribution is -2.43. The van der Waals surface area contributed by atoms with Crippen LogP contribution in [0.15, 0.2) is 71.7 Å². The van der Waals surface area contributed by atoms with Crippen molar-refractivity contribution >= 4 is 17.7 Å². The maximum Gasteiger partial charge on any atom is 0.255 e. The molecule has 3 aromatic rings. The van der Waals surface area contributed by atoms with E-state index >= 15 is 0 Å². The molecule has 1 aliphatic rings. The average Bonchev–Trinajstić information content (AvgIpc) is 3.37. The summed E-state index contributed by atoms with van der Waals surface area (Å²) in [6.07, 6.45) is 0. The van der Waals surface area contributed by atoms with Crippen LogP contribution < -0.4 is 5.32 Å². The molecule has 0 spiro atoms. The highest BCUT2D eigenvalue weighted by Gasteiger charge is 2.31. The fraction of sp³-hybridized carbons (Fsp3) is 0.192. The molecule has 4 rings (SSSR count). The first kappa shape index (κ1) is 24.4. The predicted molar refractivity (Wildman–Crippen MR) is 130 cm³/mol. The first-order chi connectivity index (χ1) is 17.3. The Kier molecular flexibility index (Phi) is 7.24. The standard InChI is InChI=1S/C26H25N3O7/c30-20-10-4-8-17(22(20)32)24(34)27-12-13-29(14-16-6-2-1-3-7-16)26(35)19-15-36-25(28-19)18-9-5-11-21(31)23(18)33/h1-11,19,30-33H,12-15H2,(H,27,34). The zero-order valence-electron chi connectivity index (χ0n) is 19.2. The van der Waals surface area contributed by atoms with Gasteiger partial charge in [0, 0.05) is 19.6 Å². The number of ether oxygens (including phenoxy) is 1. The maximum atomic E-state index is 13.4. The average molecular weight is 492 g/mol. The summed E-state index contributed by atoms with van der Waals surface area (Å²) in [5.74, 6) is -2.53. The third-order valence-corrected chi connectivity index (χ3v) is 5.64. The van der Waals surface area contributed by atoms with Crippen LogP contribution in [0.25, 0.3) is 0 Å². The first-order valence-electron chi connectivity index (χ1n) is 11.2. The molecule has 0 aromatic heterocycles. The van der Waals surface area contributed by atoms with Crippen LogP contribution in [-0.2, 0) is 16.1 Å². The van der Waals surface area contributed by atoms with Crippen molar-refractivity contribution in [3.63, 3.8) is 0 Å². The monoisotopic (exact) mass is 491 g/mol. The lowest BCUT2D eigenvalue weighted by molar-refractivity contribution is -0.133. The molecule has 0 fully saturated rings. The summed E-state index contributed by atoms with van der Waals surface area (Å²) in [7, 11) is 0. The normalized spacial score (nSPS) is 14.6. The summed E-state index contributed by atoms with van der Waals surface area (Å²) >= 11 is 0. The van der Waals surface area contributed by atoms with Crippen molar-refractivity contribution in [2.24, 2.45) is 4.99 Å². The van der Waals surface area contributed by atoms with Crippen molar-refractivity contribution in [3.8, 4) is 23.0 Å². The summed E-state index contributed by atoms with van der Waals surface area (Å²) in [6.45, 7) is 0.422. The highest BCUT2D eigenvalue weighted by Crippen LogP contribution is 2.31. The van der Waals surface area contributed by atoms with Gasteiger partial charge < -0.3 is 35.4 Å². The Bertz CT molecular complexity index is 1290. The van der Waals surface area contributed by atoms with Gasteiger partial charge in [0.15, 0.2) is 29.0 Å². The second-order valence-corrected chi connectivity index (χ2v) is 8.11. The number of aliphatic imine (C=N–C) groups is 1. The molecule has 0 saturated carbocycles. The number of rotatable bonds is 8. The molecule has 1 heterocycles. The summed E-state index contributed by atoms with van der Waals surface area (Å²) in [4.78, 5) is 31.7. The van der Waals surface area contributed by atoms with E-state index in [9.17, 15) is 30.0 Å². The van der Waals surface area contributed by atoms with Crippen molar-refractivity contribution in [3.05, 3.63) is 83.4 Å². The Labute approximate surface area is 206 Å². The molecular formula is C26H25N3O7. The highest BCUT2D eigenvalue weighted by atomic mass is 16.5. The molecule has 10 heteroatoms. The third kappa shape index (κ3) is 5.33. The molecule has 10 nitrogen and oxygen atoms in total. The van der Waals surface area contributed by atoms with Crippen LogP contribution in [0.4, 0.5) is 0 Å². The zero-order valence-corrected chi connectivity index (χ0v) is 19.2. The van der Waals surface area contributed by atoms with E-state index in [0.717, 1.165) is 5.56 Å². The molecule has 1 unspecified atom stereocenters. The minimum atomic E-state index is -0.878. The number of phenols is 4. The molecular weight excluding hydrogens is 466 g/mol. The summed E-state index contributed by atoms with van der Waals surface area (Å²) in [5, 5.41) is 42.0. The number of aromatic hydroxyl groups is 4. The van der Waals surface area contributed by atoms with Gasteiger partial charge in [0.25, 0.3) is 11.8 Å². The lowest BCUT2D eigenvalue weighted by Gasteiger charge is -2.24. The minimum absolute atomic E-state index is 0.0436. The van der Waals surface area contributed by atoms with E-state index in [0.29, 0.717) is 0 Å². The van der Waals surface area contributed by atoms with Crippen molar-refractivity contribution < 1.29 is 34.8 Å². The van der Waals surface area contributed by atoms with E-state index < -0.39 is 23.4 Å². The number of carbonyl (C=O) groups is 2. The van der Waals surface area contributed by atoms with Gasteiger partial charge in [-0.15, -0.1) is 0 Å².